The number of nitrogens with two attached hydrogens (primary N) is 2. The van der Waals surface area contributed by atoms with Crippen LogP contribution in [0.5, 0.6) is 0 Å². The van der Waals surface area contributed by atoms with Crippen molar-refractivity contribution in [2.45, 2.75) is 101 Å². The van der Waals surface area contributed by atoms with Crippen molar-refractivity contribution in [3.8, 4) is 0 Å². The monoisotopic (exact) mass is 485 g/mol. The zero-order chi connectivity index (χ0) is 24.6. The molecule has 0 radical (unpaired) electrons. The van der Waals surface area contributed by atoms with Gasteiger partial charge in [0.05, 0.1) is 11.9 Å². The van der Waals surface area contributed by atoms with Crippen LogP contribution in [0.2, 0.25) is 0 Å². The SMILES string of the molecule is N=C(N)C1CCC2CC(C(=O)NC3CC(F)C(F)C(F)C3)N(CC3CCC(C(N)=O)CC3)C2C1. The largest absolute Gasteiger partial charge is 0.387 e. The number of carbonyl (C=O) groups is 2. The average Bonchev–Trinajstić information content (AvgIpc) is 3.15. The van der Waals surface area contributed by atoms with Crippen LogP contribution < -0.4 is 16.8 Å². The number of nitrogens with zero attached hydrogens (tertiary/aromatic N) is 1. The van der Waals surface area contributed by atoms with Crippen LogP contribution >= 0.6 is 0 Å². The lowest BCUT2D eigenvalue weighted by atomic mass is 9.77. The number of likely N-dealkylation sites (tertiary alicyclic amines) is 1. The van der Waals surface area contributed by atoms with Crippen LogP contribution in [0.15, 0.2) is 0 Å². The van der Waals surface area contributed by atoms with E-state index in [9.17, 15) is 22.8 Å². The molecule has 3 saturated carbocycles. The second-order valence-electron chi connectivity index (χ2n) is 11.0. The summed E-state index contributed by atoms with van der Waals surface area (Å²) in [6.07, 6.45) is -0.0497. The van der Waals surface area contributed by atoms with Crippen LogP contribution in [0.3, 0.4) is 0 Å². The molecule has 4 fully saturated rings. The highest BCUT2D eigenvalue weighted by Gasteiger charge is 2.49. The number of alkyl halides is 3. The van der Waals surface area contributed by atoms with Crippen molar-refractivity contribution in [1.82, 2.24) is 10.2 Å². The quantitative estimate of drug-likeness (QED) is 0.340. The molecule has 6 atom stereocenters. The highest BCUT2D eigenvalue weighted by molar-refractivity contribution is 5.83. The number of amidine groups is 1. The average molecular weight is 486 g/mol. The lowest BCUT2D eigenvalue weighted by Gasteiger charge is -2.40. The topological polar surface area (TPSA) is 125 Å². The minimum atomic E-state index is -2.13. The minimum absolute atomic E-state index is 0.00409. The van der Waals surface area contributed by atoms with Crippen molar-refractivity contribution >= 4 is 17.6 Å². The van der Waals surface area contributed by atoms with Gasteiger partial charge in [-0.3, -0.25) is 19.9 Å². The molecule has 34 heavy (non-hydrogen) atoms. The van der Waals surface area contributed by atoms with Gasteiger partial charge in [0, 0.05) is 43.3 Å². The Morgan fingerprint density at radius 3 is 2.09 bits per heavy atom. The summed E-state index contributed by atoms with van der Waals surface area (Å²) < 4.78 is 41.4. The summed E-state index contributed by atoms with van der Waals surface area (Å²) in [5.74, 6) is 0.212. The van der Waals surface area contributed by atoms with Gasteiger partial charge in [0.15, 0.2) is 6.17 Å². The number of rotatable bonds is 6. The van der Waals surface area contributed by atoms with E-state index in [0.29, 0.717) is 24.8 Å². The van der Waals surface area contributed by atoms with Gasteiger partial charge in [-0.25, -0.2) is 13.2 Å². The standard InChI is InChI=1S/C24H38F3N5O2/c25-17-9-16(10-18(26)21(17)27)31-24(34)20-7-14-5-6-15(22(28)29)8-19(14)32(20)11-12-1-3-13(4-2-12)23(30)33/h12-21H,1-11H2,(H3,28,29)(H2,30,33)(H,31,34). The van der Waals surface area contributed by atoms with Gasteiger partial charge in [-0.1, -0.05) is 0 Å². The second-order valence-corrected chi connectivity index (χ2v) is 11.0. The van der Waals surface area contributed by atoms with E-state index in [0.717, 1.165) is 44.9 Å². The Labute approximate surface area is 199 Å². The number of hydrogen-bond acceptors (Lipinski definition) is 4. The highest BCUT2D eigenvalue weighted by atomic mass is 19.2. The van der Waals surface area contributed by atoms with Crippen LogP contribution in [-0.4, -0.2) is 65.7 Å². The van der Waals surface area contributed by atoms with E-state index in [1.165, 1.54) is 0 Å². The maximum absolute atomic E-state index is 13.9. The van der Waals surface area contributed by atoms with Crippen LogP contribution in [0.25, 0.3) is 0 Å². The Bertz CT molecular complexity index is 766. The van der Waals surface area contributed by atoms with E-state index in [-0.39, 0.29) is 48.4 Å². The first kappa shape index (κ1) is 25.3. The van der Waals surface area contributed by atoms with Gasteiger partial charge in [-0.2, -0.15) is 0 Å². The van der Waals surface area contributed by atoms with Crippen LogP contribution in [0.1, 0.15) is 64.2 Å². The van der Waals surface area contributed by atoms with E-state index >= 15 is 0 Å². The highest BCUT2D eigenvalue weighted by Crippen LogP contribution is 2.43. The van der Waals surface area contributed by atoms with Crippen molar-refractivity contribution in [1.29, 1.82) is 5.41 Å². The summed E-state index contributed by atoms with van der Waals surface area (Å²) in [4.78, 5) is 27.1. The molecule has 7 nitrogen and oxygen atoms in total. The van der Waals surface area contributed by atoms with Crippen molar-refractivity contribution in [2.24, 2.45) is 35.1 Å². The van der Waals surface area contributed by atoms with Crippen LogP contribution in [0.4, 0.5) is 13.2 Å². The minimum Gasteiger partial charge on any atom is -0.387 e. The number of nitrogens with one attached hydrogen (secondary N) is 2. The molecule has 0 aromatic carbocycles. The molecule has 0 spiro atoms. The summed E-state index contributed by atoms with van der Waals surface area (Å²) >= 11 is 0. The number of hydrogen-bond donors (Lipinski definition) is 4. The summed E-state index contributed by atoms with van der Waals surface area (Å²) in [6.45, 7) is 0.698. The van der Waals surface area contributed by atoms with Gasteiger partial charge in [0.25, 0.3) is 0 Å². The Morgan fingerprint density at radius 2 is 1.50 bits per heavy atom. The molecular formula is C24H38F3N5O2. The normalized spacial score (nSPS) is 43.1. The first-order valence-electron chi connectivity index (χ1n) is 12.8. The Hall–Kier alpha value is -1.84. The second kappa shape index (κ2) is 10.4. The summed E-state index contributed by atoms with van der Waals surface area (Å²) in [5.41, 5.74) is 11.3. The van der Waals surface area contributed by atoms with Crippen LogP contribution in [0, 0.1) is 29.1 Å². The van der Waals surface area contributed by atoms with Crippen LogP contribution in [-0.2, 0) is 9.59 Å². The van der Waals surface area contributed by atoms with Gasteiger partial charge in [-0.05, 0) is 63.2 Å². The third-order valence-electron chi connectivity index (χ3n) is 8.83. The molecule has 0 aromatic heterocycles. The molecular weight excluding hydrogens is 447 g/mol. The zero-order valence-corrected chi connectivity index (χ0v) is 19.6. The predicted octanol–water partition coefficient (Wildman–Crippen LogP) is 2.37. The molecule has 6 N–H and O–H groups in total. The molecule has 192 valence electrons. The molecule has 1 aliphatic heterocycles. The Morgan fingerprint density at radius 1 is 0.882 bits per heavy atom. The lowest BCUT2D eigenvalue weighted by molar-refractivity contribution is -0.127. The molecule has 4 aliphatic rings. The number of primary amides is 1. The lowest BCUT2D eigenvalue weighted by Crippen LogP contribution is -2.54. The maximum Gasteiger partial charge on any atom is 0.237 e. The van der Waals surface area contributed by atoms with E-state index in [1.807, 2.05) is 0 Å². The summed E-state index contributed by atoms with van der Waals surface area (Å²) in [6, 6.07) is -1.02. The summed E-state index contributed by atoms with van der Waals surface area (Å²) in [7, 11) is 0. The first-order chi connectivity index (χ1) is 16.1. The molecule has 10 heteroatoms. The fourth-order valence-electron chi connectivity index (χ4n) is 6.82. The van der Waals surface area contributed by atoms with E-state index in [2.05, 4.69) is 10.2 Å². The fraction of sp³-hybridized carbons (Fsp3) is 0.875. The first-order valence-corrected chi connectivity index (χ1v) is 12.8. The zero-order valence-electron chi connectivity index (χ0n) is 19.6. The molecule has 1 heterocycles. The fourth-order valence-corrected chi connectivity index (χ4v) is 6.82. The van der Waals surface area contributed by atoms with Gasteiger partial charge in [-0.15, -0.1) is 0 Å². The molecule has 0 bridgehead atoms. The third kappa shape index (κ3) is 5.36. The number of amides is 2. The van der Waals surface area contributed by atoms with E-state index in [1.54, 1.807) is 0 Å². The molecule has 3 aliphatic carbocycles. The maximum atomic E-state index is 13.9. The Kier molecular flexibility index (Phi) is 7.74. The van der Waals surface area contributed by atoms with Crippen molar-refractivity contribution in [3.05, 3.63) is 0 Å². The van der Waals surface area contributed by atoms with Gasteiger partial charge in [0.2, 0.25) is 11.8 Å². The Balaban J connectivity index is 1.45. The third-order valence-corrected chi connectivity index (χ3v) is 8.83. The number of halogens is 3. The van der Waals surface area contributed by atoms with Gasteiger partial charge in [0.1, 0.15) is 12.3 Å². The molecule has 4 rings (SSSR count). The molecule has 6 unspecified atom stereocenters. The van der Waals surface area contributed by atoms with E-state index in [4.69, 9.17) is 16.9 Å². The van der Waals surface area contributed by atoms with Crippen molar-refractivity contribution < 1.29 is 22.8 Å². The van der Waals surface area contributed by atoms with Gasteiger partial charge < -0.3 is 16.8 Å². The van der Waals surface area contributed by atoms with Gasteiger partial charge >= 0.3 is 0 Å². The molecule has 0 aromatic rings. The van der Waals surface area contributed by atoms with Crippen molar-refractivity contribution in [2.75, 3.05) is 6.54 Å². The predicted molar refractivity (Wildman–Crippen MR) is 122 cm³/mol. The molecule has 2 amide bonds. The smallest absolute Gasteiger partial charge is 0.237 e. The number of carbonyl (C=O) groups excluding carboxylic acids is 2. The van der Waals surface area contributed by atoms with Crippen molar-refractivity contribution in [3.63, 3.8) is 0 Å². The number of fused-ring (bicyclic) bond motifs is 1. The van der Waals surface area contributed by atoms with E-state index < -0.39 is 30.6 Å². The summed E-state index contributed by atoms with van der Waals surface area (Å²) in [5, 5.41) is 10.7. The molecule has 1 saturated heterocycles.